The third-order valence-corrected chi connectivity index (χ3v) is 5.55. The predicted octanol–water partition coefficient (Wildman–Crippen LogP) is 3.78. The van der Waals surface area contributed by atoms with E-state index in [1.807, 2.05) is 45.9 Å². The van der Waals surface area contributed by atoms with Crippen molar-refractivity contribution in [1.82, 2.24) is 4.57 Å². The van der Waals surface area contributed by atoms with E-state index in [1.54, 1.807) is 27.7 Å². The normalized spacial score (nSPS) is 16.6. The van der Waals surface area contributed by atoms with Crippen LogP contribution in [0.5, 0.6) is 0 Å². The largest absolute Gasteiger partial charge is 0.420 e. The zero-order valence-electron chi connectivity index (χ0n) is 17.6. The van der Waals surface area contributed by atoms with Crippen molar-refractivity contribution in [3.05, 3.63) is 58.1 Å². The molecule has 2 amide bonds. The Labute approximate surface area is 174 Å². The molecule has 1 aliphatic rings. The monoisotopic (exact) mass is 407 g/mol. The summed E-state index contributed by atoms with van der Waals surface area (Å²) in [5, 5.41) is 2.86. The zero-order valence-corrected chi connectivity index (χ0v) is 17.6. The SMILES string of the molecule is Cc1ccc(C)c(N2CC(C(=O)Nc3ccc4c(c3)oc(=O)n4C(C)C)CC2=O)c1. The molecule has 1 atom stereocenters. The highest BCUT2D eigenvalue weighted by Crippen LogP contribution is 2.30. The summed E-state index contributed by atoms with van der Waals surface area (Å²) in [6, 6.07) is 11.1. The molecule has 1 N–H and O–H groups in total. The standard InChI is InChI=1S/C23H25N3O4/c1-13(2)26-18-8-7-17(11-20(18)30-23(26)29)24-22(28)16-10-21(27)25(12-16)19-9-14(3)5-6-15(19)4/h5-9,11,13,16H,10,12H2,1-4H3,(H,24,28). The maximum atomic E-state index is 12.8. The molecule has 7 heteroatoms. The quantitative estimate of drug-likeness (QED) is 0.713. The van der Waals surface area contributed by atoms with E-state index < -0.39 is 11.7 Å². The molecule has 0 saturated carbocycles. The summed E-state index contributed by atoms with van der Waals surface area (Å²) in [7, 11) is 0. The average molecular weight is 407 g/mol. The number of hydrogen-bond acceptors (Lipinski definition) is 4. The number of carbonyl (C=O) groups excluding carboxylic acids is 2. The van der Waals surface area contributed by atoms with Gasteiger partial charge in [0.25, 0.3) is 0 Å². The minimum absolute atomic E-state index is 0.0280. The maximum absolute atomic E-state index is 12.8. The van der Waals surface area contributed by atoms with Crippen LogP contribution in [0.1, 0.15) is 37.4 Å². The number of benzene rings is 2. The minimum Gasteiger partial charge on any atom is -0.408 e. The van der Waals surface area contributed by atoms with Crippen LogP contribution in [-0.2, 0) is 9.59 Å². The van der Waals surface area contributed by atoms with Crippen LogP contribution in [0.4, 0.5) is 11.4 Å². The van der Waals surface area contributed by atoms with Gasteiger partial charge in [0.1, 0.15) is 0 Å². The molecular weight excluding hydrogens is 382 g/mol. The van der Waals surface area contributed by atoms with Crippen molar-refractivity contribution in [2.24, 2.45) is 5.92 Å². The maximum Gasteiger partial charge on any atom is 0.420 e. The summed E-state index contributed by atoms with van der Waals surface area (Å²) in [4.78, 5) is 39.1. The highest BCUT2D eigenvalue weighted by molar-refractivity contribution is 6.04. The zero-order chi connectivity index (χ0) is 21.6. The van der Waals surface area contributed by atoms with Gasteiger partial charge in [-0.1, -0.05) is 12.1 Å². The van der Waals surface area contributed by atoms with Gasteiger partial charge in [-0.05, 0) is 57.0 Å². The molecule has 1 saturated heterocycles. The number of fused-ring (bicyclic) bond motifs is 1. The smallest absolute Gasteiger partial charge is 0.408 e. The van der Waals surface area contributed by atoms with Gasteiger partial charge in [-0.3, -0.25) is 14.2 Å². The number of oxazole rings is 1. The lowest BCUT2D eigenvalue weighted by Gasteiger charge is -2.19. The van der Waals surface area contributed by atoms with Crippen molar-refractivity contribution in [2.45, 2.75) is 40.2 Å². The van der Waals surface area contributed by atoms with Crippen LogP contribution >= 0.6 is 0 Å². The first-order valence-electron chi connectivity index (χ1n) is 10.1. The second-order valence-corrected chi connectivity index (χ2v) is 8.20. The molecular formula is C23H25N3O4. The van der Waals surface area contributed by atoms with Gasteiger partial charge in [0, 0.05) is 36.4 Å². The van der Waals surface area contributed by atoms with E-state index in [2.05, 4.69) is 5.32 Å². The molecule has 4 rings (SSSR count). The summed E-state index contributed by atoms with van der Waals surface area (Å²) in [6.07, 6.45) is 0.167. The van der Waals surface area contributed by atoms with E-state index in [9.17, 15) is 14.4 Å². The van der Waals surface area contributed by atoms with Gasteiger partial charge in [0.2, 0.25) is 11.8 Å². The van der Waals surface area contributed by atoms with Gasteiger partial charge in [0.05, 0.1) is 11.4 Å². The summed E-state index contributed by atoms with van der Waals surface area (Å²) in [5.74, 6) is -1.14. The summed E-state index contributed by atoms with van der Waals surface area (Å²) in [6.45, 7) is 8.10. The van der Waals surface area contributed by atoms with Crippen LogP contribution in [0.25, 0.3) is 11.1 Å². The fourth-order valence-electron chi connectivity index (χ4n) is 3.97. The van der Waals surface area contributed by atoms with Crippen molar-refractivity contribution >= 4 is 34.3 Å². The van der Waals surface area contributed by atoms with Gasteiger partial charge < -0.3 is 14.6 Å². The Bertz CT molecular complexity index is 1200. The number of aryl methyl sites for hydroxylation is 2. The van der Waals surface area contributed by atoms with Crippen LogP contribution in [0.2, 0.25) is 0 Å². The van der Waals surface area contributed by atoms with Gasteiger partial charge in [-0.15, -0.1) is 0 Å². The molecule has 1 fully saturated rings. The number of anilines is 2. The molecule has 2 aromatic carbocycles. The van der Waals surface area contributed by atoms with Crippen LogP contribution in [-0.4, -0.2) is 22.9 Å². The van der Waals surface area contributed by atoms with E-state index in [1.165, 1.54) is 0 Å². The molecule has 1 unspecified atom stereocenters. The van der Waals surface area contributed by atoms with Gasteiger partial charge in [-0.25, -0.2) is 4.79 Å². The molecule has 2 heterocycles. The van der Waals surface area contributed by atoms with Crippen LogP contribution in [0.3, 0.4) is 0 Å². The summed E-state index contributed by atoms with van der Waals surface area (Å²) in [5.41, 5.74) is 4.57. The fourth-order valence-corrected chi connectivity index (χ4v) is 3.97. The Kier molecular flexibility index (Phi) is 4.97. The van der Waals surface area contributed by atoms with E-state index in [0.717, 1.165) is 16.8 Å². The first-order chi connectivity index (χ1) is 14.2. The number of amides is 2. The van der Waals surface area contributed by atoms with Crippen LogP contribution in [0, 0.1) is 19.8 Å². The minimum atomic E-state index is -0.444. The summed E-state index contributed by atoms with van der Waals surface area (Å²) >= 11 is 0. The Morgan fingerprint density at radius 2 is 1.90 bits per heavy atom. The molecule has 1 aromatic heterocycles. The first kappa shape index (κ1) is 19.9. The Hall–Kier alpha value is -3.35. The van der Waals surface area contributed by atoms with E-state index in [-0.39, 0.29) is 24.3 Å². The Morgan fingerprint density at radius 1 is 1.13 bits per heavy atom. The van der Waals surface area contributed by atoms with Crippen molar-refractivity contribution in [3.8, 4) is 0 Å². The van der Waals surface area contributed by atoms with Gasteiger partial charge in [-0.2, -0.15) is 0 Å². The third kappa shape index (κ3) is 3.51. The lowest BCUT2D eigenvalue weighted by molar-refractivity contribution is -0.122. The molecule has 7 nitrogen and oxygen atoms in total. The molecule has 3 aromatic rings. The summed E-state index contributed by atoms with van der Waals surface area (Å²) < 4.78 is 6.89. The van der Waals surface area contributed by atoms with Gasteiger partial charge in [0.15, 0.2) is 5.58 Å². The Morgan fingerprint density at radius 3 is 2.63 bits per heavy atom. The van der Waals surface area contributed by atoms with Crippen molar-refractivity contribution < 1.29 is 14.0 Å². The molecule has 0 aliphatic carbocycles. The average Bonchev–Trinajstić information content (AvgIpc) is 3.22. The molecule has 0 bridgehead atoms. The topological polar surface area (TPSA) is 84.6 Å². The first-order valence-corrected chi connectivity index (χ1v) is 10.1. The van der Waals surface area contributed by atoms with Crippen LogP contribution < -0.4 is 16.0 Å². The lowest BCUT2D eigenvalue weighted by Crippen LogP contribution is -2.28. The van der Waals surface area contributed by atoms with Crippen LogP contribution in [0.15, 0.2) is 45.6 Å². The van der Waals surface area contributed by atoms with Gasteiger partial charge >= 0.3 is 5.76 Å². The molecule has 156 valence electrons. The predicted molar refractivity (Wildman–Crippen MR) is 116 cm³/mol. The van der Waals surface area contributed by atoms with E-state index >= 15 is 0 Å². The lowest BCUT2D eigenvalue weighted by atomic mass is 10.1. The van der Waals surface area contributed by atoms with Crippen molar-refractivity contribution in [1.29, 1.82) is 0 Å². The highest BCUT2D eigenvalue weighted by atomic mass is 16.4. The number of rotatable bonds is 4. The van der Waals surface area contributed by atoms with Crippen molar-refractivity contribution in [2.75, 3.05) is 16.8 Å². The molecule has 30 heavy (non-hydrogen) atoms. The fraction of sp³-hybridized carbons (Fsp3) is 0.348. The molecule has 0 spiro atoms. The number of nitrogens with one attached hydrogen (secondary N) is 1. The number of aromatic nitrogens is 1. The number of nitrogens with zero attached hydrogens (tertiary/aromatic N) is 2. The van der Waals surface area contributed by atoms with E-state index in [0.29, 0.717) is 23.3 Å². The molecule has 1 aliphatic heterocycles. The number of hydrogen-bond donors (Lipinski definition) is 1. The number of carbonyl (C=O) groups is 2. The second-order valence-electron chi connectivity index (χ2n) is 8.20. The van der Waals surface area contributed by atoms with E-state index in [4.69, 9.17) is 4.42 Å². The van der Waals surface area contributed by atoms with Crippen molar-refractivity contribution in [3.63, 3.8) is 0 Å². The second kappa shape index (κ2) is 7.48. The third-order valence-electron chi connectivity index (χ3n) is 5.55. The molecule has 0 radical (unpaired) electrons. The Balaban J connectivity index is 1.52. The highest BCUT2D eigenvalue weighted by Gasteiger charge is 2.35.